The summed E-state index contributed by atoms with van der Waals surface area (Å²) in [6, 6.07) is 5.62. The summed E-state index contributed by atoms with van der Waals surface area (Å²) in [4.78, 5) is 15.1. The molecule has 1 aliphatic heterocycles. The van der Waals surface area contributed by atoms with Gasteiger partial charge in [-0.25, -0.2) is 4.99 Å². The molecule has 3 heteroatoms. The van der Waals surface area contributed by atoms with Gasteiger partial charge in [-0.05, 0) is 19.1 Å². The fourth-order valence-electron chi connectivity index (χ4n) is 1.28. The Morgan fingerprint density at radius 3 is 2.83 bits per heavy atom. The third-order valence-electron chi connectivity index (χ3n) is 1.87. The van der Waals surface area contributed by atoms with Gasteiger partial charge in [0.15, 0.2) is 0 Å². The Morgan fingerprint density at radius 1 is 1.33 bits per heavy atom. The molecule has 2 rings (SSSR count). The average Bonchev–Trinajstić information content (AvgIpc) is 2.28. The highest BCUT2D eigenvalue weighted by atomic mass is 79.9. The van der Waals surface area contributed by atoms with Crippen LogP contribution in [0.2, 0.25) is 0 Å². The summed E-state index contributed by atoms with van der Waals surface area (Å²) in [5, 5.41) is 0. The van der Waals surface area contributed by atoms with Crippen LogP contribution >= 0.6 is 15.9 Å². The van der Waals surface area contributed by atoms with E-state index in [1.165, 1.54) is 0 Å². The highest BCUT2D eigenvalue weighted by Crippen LogP contribution is 2.22. The molecule has 60 valence electrons. The average molecular weight is 224 g/mol. The van der Waals surface area contributed by atoms with Gasteiger partial charge in [-0.15, -0.1) is 0 Å². The molecule has 0 saturated carbocycles. The Labute approximate surface area is 78.4 Å². The Balaban J connectivity index is 2.68. The van der Waals surface area contributed by atoms with Crippen LogP contribution in [-0.2, 0) is 0 Å². The number of carbonyl (C=O) groups is 1. The number of amides is 1. The lowest BCUT2D eigenvalue weighted by Crippen LogP contribution is -1.92. The van der Waals surface area contributed by atoms with E-state index in [-0.39, 0.29) is 5.91 Å². The molecule has 12 heavy (non-hydrogen) atoms. The van der Waals surface area contributed by atoms with Crippen molar-refractivity contribution in [2.24, 2.45) is 4.99 Å². The zero-order chi connectivity index (χ0) is 8.72. The van der Waals surface area contributed by atoms with Crippen molar-refractivity contribution in [2.45, 2.75) is 6.92 Å². The van der Waals surface area contributed by atoms with Crippen LogP contribution in [-0.4, -0.2) is 11.6 Å². The van der Waals surface area contributed by atoms with Gasteiger partial charge >= 0.3 is 0 Å². The van der Waals surface area contributed by atoms with Crippen LogP contribution in [0.15, 0.2) is 27.7 Å². The van der Waals surface area contributed by atoms with Gasteiger partial charge in [0, 0.05) is 15.7 Å². The van der Waals surface area contributed by atoms with Crippen molar-refractivity contribution in [3.63, 3.8) is 0 Å². The maximum Gasteiger partial charge on any atom is 0.277 e. The molecule has 0 unspecified atom stereocenters. The number of nitrogens with zero attached hydrogens (tertiary/aromatic N) is 1. The first kappa shape index (κ1) is 7.68. The maximum absolute atomic E-state index is 11.2. The van der Waals surface area contributed by atoms with E-state index in [0.717, 1.165) is 15.7 Å². The highest BCUT2D eigenvalue weighted by molar-refractivity contribution is 9.10. The second-order valence-corrected chi connectivity index (χ2v) is 3.61. The quantitative estimate of drug-likeness (QED) is 0.665. The molecule has 0 aromatic heterocycles. The third-order valence-corrected chi connectivity index (χ3v) is 2.36. The molecule has 1 aromatic rings. The standard InChI is InChI=1S/C9H6BrNO/c1-5-7-3-2-6(10)4-8(7)9(12)11-5/h2-4H,1H3. The molecule has 1 amide bonds. The number of rotatable bonds is 0. The predicted molar refractivity (Wildman–Crippen MR) is 50.7 cm³/mol. The van der Waals surface area contributed by atoms with Crippen molar-refractivity contribution in [1.29, 1.82) is 0 Å². The summed E-state index contributed by atoms with van der Waals surface area (Å²) >= 11 is 3.31. The fraction of sp³-hybridized carbons (Fsp3) is 0.111. The molecule has 0 spiro atoms. The van der Waals surface area contributed by atoms with E-state index in [1.54, 1.807) is 6.07 Å². The lowest BCUT2D eigenvalue weighted by Gasteiger charge is -1.96. The van der Waals surface area contributed by atoms with Crippen LogP contribution in [0.4, 0.5) is 0 Å². The smallest absolute Gasteiger partial charge is 0.267 e. The molecule has 2 nitrogen and oxygen atoms in total. The SMILES string of the molecule is CC1=NC(=O)c2cc(Br)ccc21. The van der Waals surface area contributed by atoms with Crippen molar-refractivity contribution >= 4 is 27.5 Å². The van der Waals surface area contributed by atoms with Gasteiger partial charge in [0.1, 0.15) is 0 Å². The van der Waals surface area contributed by atoms with Gasteiger partial charge in [-0.3, -0.25) is 4.79 Å². The lowest BCUT2D eigenvalue weighted by molar-refractivity contribution is 0.101. The minimum Gasteiger partial charge on any atom is -0.267 e. The monoisotopic (exact) mass is 223 g/mol. The molecule has 0 radical (unpaired) electrons. The number of benzene rings is 1. The second kappa shape index (κ2) is 2.52. The first-order valence-electron chi connectivity index (χ1n) is 3.58. The predicted octanol–water partition coefficient (Wildman–Crippen LogP) is 2.41. The minimum atomic E-state index is -0.135. The van der Waals surface area contributed by atoms with Crippen molar-refractivity contribution in [3.05, 3.63) is 33.8 Å². The van der Waals surface area contributed by atoms with Gasteiger partial charge in [-0.2, -0.15) is 0 Å². The zero-order valence-electron chi connectivity index (χ0n) is 6.47. The Hall–Kier alpha value is -0.960. The third kappa shape index (κ3) is 1.01. The van der Waals surface area contributed by atoms with Crippen molar-refractivity contribution in [1.82, 2.24) is 0 Å². The van der Waals surface area contributed by atoms with Gasteiger partial charge in [0.2, 0.25) is 0 Å². The summed E-state index contributed by atoms with van der Waals surface area (Å²) in [6.45, 7) is 1.84. The Bertz CT molecular complexity index is 396. The van der Waals surface area contributed by atoms with Crippen LogP contribution < -0.4 is 0 Å². The van der Waals surface area contributed by atoms with Crippen LogP contribution in [0.3, 0.4) is 0 Å². The van der Waals surface area contributed by atoms with Crippen molar-refractivity contribution in [2.75, 3.05) is 0 Å². The second-order valence-electron chi connectivity index (χ2n) is 2.69. The van der Waals surface area contributed by atoms with E-state index in [2.05, 4.69) is 20.9 Å². The lowest BCUT2D eigenvalue weighted by atomic mass is 10.1. The van der Waals surface area contributed by atoms with E-state index >= 15 is 0 Å². The molecule has 0 N–H and O–H groups in total. The van der Waals surface area contributed by atoms with Crippen LogP contribution in [0.1, 0.15) is 22.8 Å². The van der Waals surface area contributed by atoms with E-state index < -0.39 is 0 Å². The normalized spacial score (nSPS) is 14.5. The van der Waals surface area contributed by atoms with Crippen molar-refractivity contribution in [3.8, 4) is 0 Å². The van der Waals surface area contributed by atoms with Gasteiger partial charge < -0.3 is 0 Å². The minimum absolute atomic E-state index is 0.135. The van der Waals surface area contributed by atoms with Crippen LogP contribution in [0, 0.1) is 0 Å². The van der Waals surface area contributed by atoms with Gasteiger partial charge in [-0.1, -0.05) is 22.0 Å². The Morgan fingerprint density at radius 2 is 2.08 bits per heavy atom. The molecule has 0 aliphatic carbocycles. The molecular weight excluding hydrogens is 218 g/mol. The number of halogens is 1. The maximum atomic E-state index is 11.2. The molecule has 0 atom stereocenters. The number of fused-ring (bicyclic) bond motifs is 1. The summed E-state index contributed by atoms with van der Waals surface area (Å²) in [5.74, 6) is -0.135. The Kier molecular flexibility index (Phi) is 1.61. The fourth-order valence-corrected chi connectivity index (χ4v) is 1.64. The van der Waals surface area contributed by atoms with Crippen LogP contribution in [0.25, 0.3) is 0 Å². The first-order chi connectivity index (χ1) is 5.68. The molecule has 1 aromatic carbocycles. The summed E-state index contributed by atoms with van der Waals surface area (Å²) in [7, 11) is 0. The molecule has 1 heterocycles. The number of hydrogen-bond acceptors (Lipinski definition) is 1. The zero-order valence-corrected chi connectivity index (χ0v) is 8.05. The molecule has 0 fully saturated rings. The molecule has 0 saturated heterocycles. The van der Waals surface area contributed by atoms with E-state index in [0.29, 0.717) is 5.56 Å². The molecule has 1 aliphatic rings. The van der Waals surface area contributed by atoms with E-state index in [1.807, 2.05) is 19.1 Å². The number of hydrogen-bond donors (Lipinski definition) is 0. The summed E-state index contributed by atoms with van der Waals surface area (Å²) in [6.07, 6.45) is 0. The number of aliphatic imine (C=N–C) groups is 1. The van der Waals surface area contributed by atoms with Crippen molar-refractivity contribution < 1.29 is 4.79 Å². The van der Waals surface area contributed by atoms with Crippen LogP contribution in [0.5, 0.6) is 0 Å². The molecule has 0 bridgehead atoms. The highest BCUT2D eigenvalue weighted by Gasteiger charge is 2.19. The summed E-state index contributed by atoms with van der Waals surface area (Å²) in [5.41, 5.74) is 2.45. The first-order valence-corrected chi connectivity index (χ1v) is 4.37. The van der Waals surface area contributed by atoms with Gasteiger partial charge in [0.05, 0.1) is 5.56 Å². The molecular formula is C9H6BrNO. The topological polar surface area (TPSA) is 29.4 Å². The van der Waals surface area contributed by atoms with E-state index in [4.69, 9.17) is 0 Å². The van der Waals surface area contributed by atoms with Gasteiger partial charge in [0.25, 0.3) is 5.91 Å². The number of carbonyl (C=O) groups excluding carboxylic acids is 1. The largest absolute Gasteiger partial charge is 0.277 e. The summed E-state index contributed by atoms with van der Waals surface area (Å²) < 4.78 is 0.916. The van der Waals surface area contributed by atoms with E-state index in [9.17, 15) is 4.79 Å².